The molecule has 0 heterocycles. The molecule has 0 saturated heterocycles. The van der Waals surface area contributed by atoms with Gasteiger partial charge >= 0.3 is 0 Å². The number of hydrogen-bond donors (Lipinski definition) is 1. The van der Waals surface area contributed by atoms with Crippen LogP contribution >= 0.6 is 0 Å². The summed E-state index contributed by atoms with van der Waals surface area (Å²) in [6.45, 7) is 2.17. The average Bonchev–Trinajstić information content (AvgIpc) is 3.09. The van der Waals surface area contributed by atoms with Crippen LogP contribution in [0.5, 0.6) is 0 Å². The van der Waals surface area contributed by atoms with Gasteiger partial charge in [-0.15, -0.1) is 0 Å². The molecule has 2 aliphatic rings. The summed E-state index contributed by atoms with van der Waals surface area (Å²) < 4.78 is 0. The fraction of sp³-hybridized carbons (Fsp3) is 0.500. The molecule has 0 unspecified atom stereocenters. The zero-order chi connectivity index (χ0) is 13.9. The van der Waals surface area contributed by atoms with E-state index in [-0.39, 0.29) is 5.91 Å². The van der Waals surface area contributed by atoms with Crippen molar-refractivity contribution in [2.24, 2.45) is 17.8 Å². The summed E-state index contributed by atoms with van der Waals surface area (Å²) in [7, 11) is 0. The Labute approximate surface area is 121 Å². The van der Waals surface area contributed by atoms with Crippen LogP contribution in [0.25, 0.3) is 6.08 Å². The summed E-state index contributed by atoms with van der Waals surface area (Å²) >= 11 is 0. The Morgan fingerprint density at radius 1 is 1.25 bits per heavy atom. The third-order valence-electron chi connectivity index (χ3n) is 5.03. The largest absolute Gasteiger partial charge is 0.350 e. The smallest absolute Gasteiger partial charge is 0.244 e. The van der Waals surface area contributed by atoms with Crippen molar-refractivity contribution in [2.75, 3.05) is 0 Å². The van der Waals surface area contributed by atoms with Crippen LogP contribution in [0.15, 0.2) is 36.4 Å². The van der Waals surface area contributed by atoms with E-state index in [1.807, 2.05) is 36.4 Å². The van der Waals surface area contributed by atoms with Gasteiger partial charge in [-0.1, -0.05) is 36.8 Å². The van der Waals surface area contributed by atoms with Gasteiger partial charge in [-0.2, -0.15) is 0 Å². The molecule has 2 bridgehead atoms. The summed E-state index contributed by atoms with van der Waals surface area (Å²) in [5.41, 5.74) is 1.07. The zero-order valence-corrected chi connectivity index (χ0v) is 12.1. The molecule has 0 spiro atoms. The molecule has 2 saturated carbocycles. The first-order chi connectivity index (χ1) is 9.72. The molecule has 0 aliphatic heterocycles. The maximum Gasteiger partial charge on any atom is 0.244 e. The second-order valence-corrected chi connectivity index (χ2v) is 6.38. The molecule has 1 aromatic carbocycles. The zero-order valence-electron chi connectivity index (χ0n) is 12.1. The molecule has 20 heavy (non-hydrogen) atoms. The van der Waals surface area contributed by atoms with Crippen molar-refractivity contribution in [3.05, 3.63) is 42.0 Å². The number of benzene rings is 1. The molecule has 0 radical (unpaired) electrons. The van der Waals surface area contributed by atoms with Crippen LogP contribution in [-0.2, 0) is 4.79 Å². The third kappa shape index (κ3) is 2.95. The molecule has 1 amide bonds. The molecule has 2 nitrogen and oxygen atoms in total. The number of hydrogen-bond acceptors (Lipinski definition) is 1. The van der Waals surface area contributed by atoms with Gasteiger partial charge in [0, 0.05) is 12.1 Å². The predicted molar refractivity (Wildman–Crippen MR) is 82.0 cm³/mol. The minimum atomic E-state index is 0.0316. The Balaban J connectivity index is 1.52. The molecule has 4 atom stereocenters. The Kier molecular flexibility index (Phi) is 3.90. The number of fused-ring (bicyclic) bond motifs is 2. The maximum atomic E-state index is 12.0. The monoisotopic (exact) mass is 269 g/mol. The lowest BCUT2D eigenvalue weighted by molar-refractivity contribution is -0.117. The minimum Gasteiger partial charge on any atom is -0.350 e. The standard InChI is InChI=1S/C18H23NO/c1-13(17-12-15-7-9-16(17)11-15)19-18(20)10-8-14-5-3-2-4-6-14/h2-6,8,10,13,15-17H,7,9,11-12H2,1H3,(H,19,20)/b10-8+/t13-,15+,16+,17-/m0/s1. The highest BCUT2D eigenvalue weighted by Crippen LogP contribution is 2.49. The van der Waals surface area contributed by atoms with Crippen LogP contribution in [0.3, 0.4) is 0 Å². The van der Waals surface area contributed by atoms with E-state index in [9.17, 15) is 4.79 Å². The molecule has 2 heteroatoms. The van der Waals surface area contributed by atoms with Crippen LogP contribution in [0, 0.1) is 17.8 Å². The van der Waals surface area contributed by atoms with Crippen molar-refractivity contribution in [2.45, 2.75) is 38.6 Å². The maximum absolute atomic E-state index is 12.0. The topological polar surface area (TPSA) is 29.1 Å². The Morgan fingerprint density at radius 3 is 2.70 bits per heavy atom. The normalized spacial score (nSPS) is 29.8. The van der Waals surface area contributed by atoms with E-state index in [1.54, 1.807) is 6.08 Å². The molecule has 1 aromatic rings. The number of rotatable bonds is 4. The second-order valence-electron chi connectivity index (χ2n) is 6.38. The van der Waals surface area contributed by atoms with Crippen molar-refractivity contribution in [1.29, 1.82) is 0 Å². The molecule has 1 N–H and O–H groups in total. The predicted octanol–water partition coefficient (Wildman–Crippen LogP) is 3.64. The van der Waals surface area contributed by atoms with Crippen LogP contribution in [0.1, 0.15) is 38.2 Å². The van der Waals surface area contributed by atoms with Crippen molar-refractivity contribution < 1.29 is 4.79 Å². The molecule has 2 aliphatic carbocycles. The highest BCUT2D eigenvalue weighted by molar-refractivity contribution is 5.91. The van der Waals surface area contributed by atoms with Gasteiger partial charge in [0.15, 0.2) is 0 Å². The van der Waals surface area contributed by atoms with E-state index in [0.717, 1.165) is 17.4 Å². The van der Waals surface area contributed by atoms with Crippen LogP contribution in [0.4, 0.5) is 0 Å². The average molecular weight is 269 g/mol. The van der Waals surface area contributed by atoms with E-state index in [1.165, 1.54) is 25.7 Å². The van der Waals surface area contributed by atoms with E-state index < -0.39 is 0 Å². The van der Waals surface area contributed by atoms with Crippen molar-refractivity contribution in [1.82, 2.24) is 5.32 Å². The molecule has 0 aromatic heterocycles. The van der Waals surface area contributed by atoms with E-state index in [0.29, 0.717) is 12.0 Å². The fourth-order valence-electron chi connectivity index (χ4n) is 4.02. The number of carbonyl (C=O) groups excluding carboxylic acids is 1. The Hall–Kier alpha value is -1.57. The van der Waals surface area contributed by atoms with E-state index >= 15 is 0 Å². The van der Waals surface area contributed by atoms with E-state index in [4.69, 9.17) is 0 Å². The van der Waals surface area contributed by atoms with Crippen LogP contribution < -0.4 is 5.32 Å². The minimum absolute atomic E-state index is 0.0316. The van der Waals surface area contributed by atoms with Gasteiger partial charge in [-0.3, -0.25) is 4.79 Å². The van der Waals surface area contributed by atoms with Gasteiger partial charge in [0.25, 0.3) is 0 Å². The van der Waals surface area contributed by atoms with Gasteiger partial charge in [-0.05, 0) is 55.6 Å². The lowest BCUT2D eigenvalue weighted by atomic mass is 9.84. The summed E-state index contributed by atoms with van der Waals surface area (Å²) in [5.74, 6) is 2.52. The van der Waals surface area contributed by atoms with Crippen LogP contribution in [0.2, 0.25) is 0 Å². The summed E-state index contributed by atoms with van der Waals surface area (Å²) in [6, 6.07) is 10.3. The third-order valence-corrected chi connectivity index (χ3v) is 5.03. The molecular weight excluding hydrogens is 246 g/mol. The quantitative estimate of drug-likeness (QED) is 0.831. The van der Waals surface area contributed by atoms with Crippen molar-refractivity contribution in [3.63, 3.8) is 0 Å². The van der Waals surface area contributed by atoms with Gasteiger partial charge in [0.05, 0.1) is 0 Å². The summed E-state index contributed by atoms with van der Waals surface area (Å²) in [4.78, 5) is 12.0. The van der Waals surface area contributed by atoms with E-state index in [2.05, 4.69) is 12.2 Å². The first kappa shape index (κ1) is 13.4. The van der Waals surface area contributed by atoms with Gasteiger partial charge in [-0.25, -0.2) is 0 Å². The van der Waals surface area contributed by atoms with Gasteiger partial charge in [0.1, 0.15) is 0 Å². The molecule has 3 rings (SSSR count). The van der Waals surface area contributed by atoms with Gasteiger partial charge < -0.3 is 5.32 Å². The highest BCUT2D eigenvalue weighted by atomic mass is 16.1. The molecule has 2 fully saturated rings. The van der Waals surface area contributed by atoms with Crippen LogP contribution in [-0.4, -0.2) is 11.9 Å². The van der Waals surface area contributed by atoms with Gasteiger partial charge in [0.2, 0.25) is 5.91 Å². The molecular formula is C18H23NO. The first-order valence-corrected chi connectivity index (χ1v) is 7.76. The lowest BCUT2D eigenvalue weighted by Crippen LogP contribution is -2.39. The number of carbonyl (C=O) groups is 1. The second kappa shape index (κ2) is 5.82. The lowest BCUT2D eigenvalue weighted by Gasteiger charge is -2.28. The Bertz CT molecular complexity index is 493. The summed E-state index contributed by atoms with van der Waals surface area (Å²) in [6.07, 6.45) is 9.02. The number of nitrogens with one attached hydrogen (secondary N) is 1. The fourth-order valence-corrected chi connectivity index (χ4v) is 4.02. The Morgan fingerprint density at radius 2 is 2.05 bits per heavy atom. The summed E-state index contributed by atoms with van der Waals surface area (Å²) in [5, 5.41) is 3.15. The number of amides is 1. The molecule has 106 valence electrons. The SMILES string of the molecule is C[C@H](NC(=O)/C=C/c1ccccc1)[C@@H]1C[C@@H]2CC[C@@H]1C2. The first-order valence-electron chi connectivity index (χ1n) is 7.76. The van der Waals surface area contributed by atoms with Crippen molar-refractivity contribution >= 4 is 12.0 Å². The van der Waals surface area contributed by atoms with Crippen molar-refractivity contribution in [3.8, 4) is 0 Å². The highest BCUT2D eigenvalue weighted by Gasteiger charge is 2.41.